The van der Waals surface area contributed by atoms with E-state index in [1.807, 2.05) is 29.2 Å². The van der Waals surface area contributed by atoms with Gasteiger partial charge in [-0.25, -0.2) is 0 Å². The molecule has 0 spiro atoms. The summed E-state index contributed by atoms with van der Waals surface area (Å²) in [5, 5.41) is 10.6. The minimum absolute atomic E-state index is 0.0406. The van der Waals surface area contributed by atoms with E-state index >= 15 is 0 Å². The van der Waals surface area contributed by atoms with Gasteiger partial charge >= 0.3 is 0 Å². The molecule has 0 bridgehead atoms. The number of nitrogens with zero attached hydrogens (tertiary/aromatic N) is 2. The zero-order valence-electron chi connectivity index (χ0n) is 19.6. The van der Waals surface area contributed by atoms with E-state index in [1.54, 1.807) is 0 Å². The van der Waals surface area contributed by atoms with Crippen LogP contribution < -0.4 is 4.74 Å². The second-order valence-electron chi connectivity index (χ2n) is 9.58. The van der Waals surface area contributed by atoms with Crippen LogP contribution in [0.15, 0.2) is 36.4 Å². The van der Waals surface area contributed by atoms with Gasteiger partial charge in [0.2, 0.25) is 0 Å². The Hall–Kier alpha value is -2.83. The number of aryl methyl sites for hydroxylation is 2. The van der Waals surface area contributed by atoms with Gasteiger partial charge in [-0.1, -0.05) is 6.07 Å². The summed E-state index contributed by atoms with van der Waals surface area (Å²) >= 11 is 0. The van der Waals surface area contributed by atoms with E-state index in [9.17, 15) is 9.90 Å². The molecule has 3 aromatic rings. The molecule has 6 heteroatoms. The number of rotatable bonds is 4. The van der Waals surface area contributed by atoms with Gasteiger partial charge in [-0.2, -0.15) is 0 Å². The maximum Gasteiger partial charge on any atom is 0.254 e. The Bertz CT molecular complexity index is 1170. The Labute approximate surface area is 195 Å². The van der Waals surface area contributed by atoms with Crippen LogP contribution in [0.5, 0.6) is 5.75 Å². The lowest BCUT2D eigenvalue weighted by Crippen LogP contribution is -2.36. The maximum absolute atomic E-state index is 13.4. The third-order valence-corrected chi connectivity index (χ3v) is 7.21. The van der Waals surface area contributed by atoms with Gasteiger partial charge in [-0.05, 0) is 80.6 Å². The van der Waals surface area contributed by atoms with Crippen molar-refractivity contribution in [1.82, 2.24) is 14.8 Å². The van der Waals surface area contributed by atoms with Crippen molar-refractivity contribution in [2.45, 2.75) is 39.8 Å². The third kappa shape index (κ3) is 4.50. The first-order valence-corrected chi connectivity index (χ1v) is 12.0. The number of carbonyl (C=O) groups is 1. The minimum atomic E-state index is 0.0406. The molecule has 2 aromatic carbocycles. The molecule has 1 saturated heterocycles. The number of aliphatic hydroxyl groups is 1. The molecule has 2 aliphatic rings. The largest absolute Gasteiger partial charge is 0.491 e. The Morgan fingerprint density at radius 3 is 2.91 bits per heavy atom. The van der Waals surface area contributed by atoms with Crippen molar-refractivity contribution in [3.8, 4) is 5.75 Å². The number of aromatic nitrogens is 1. The number of amides is 1. The molecule has 3 heterocycles. The first-order chi connectivity index (χ1) is 16.0. The topological polar surface area (TPSA) is 68.8 Å². The highest BCUT2D eigenvalue weighted by Crippen LogP contribution is 2.28. The highest BCUT2D eigenvalue weighted by atomic mass is 16.5. The minimum Gasteiger partial charge on any atom is -0.491 e. The fourth-order valence-electron chi connectivity index (χ4n) is 5.20. The zero-order valence-corrected chi connectivity index (χ0v) is 19.6. The molecule has 0 radical (unpaired) electrons. The van der Waals surface area contributed by atoms with E-state index in [1.165, 1.54) is 11.1 Å². The summed E-state index contributed by atoms with van der Waals surface area (Å²) in [7, 11) is 0. The summed E-state index contributed by atoms with van der Waals surface area (Å²) in [6.45, 7) is 8.88. The molecule has 1 unspecified atom stereocenters. The summed E-state index contributed by atoms with van der Waals surface area (Å²) in [5.74, 6) is 1.29. The number of benzene rings is 2. The predicted molar refractivity (Wildman–Crippen MR) is 130 cm³/mol. The van der Waals surface area contributed by atoms with Crippen LogP contribution in [0.1, 0.15) is 45.6 Å². The smallest absolute Gasteiger partial charge is 0.254 e. The van der Waals surface area contributed by atoms with Crippen LogP contribution in [-0.2, 0) is 13.1 Å². The number of fused-ring (bicyclic) bond motifs is 2. The lowest BCUT2D eigenvalue weighted by Gasteiger charge is -2.32. The summed E-state index contributed by atoms with van der Waals surface area (Å²) in [6, 6.07) is 12.3. The second-order valence-corrected chi connectivity index (χ2v) is 9.58. The van der Waals surface area contributed by atoms with Gasteiger partial charge in [0.25, 0.3) is 5.91 Å². The standard InChI is InChI=1S/C27H33N3O3/c1-18-19(2)28-25-7-6-22(13-24(18)25)27(32)30-10-11-33-26-8-5-20(12-23(26)16-30)14-29-9-3-4-21(15-29)17-31/h5-8,12-13,21,28,31H,3-4,9-11,14-17H2,1-2H3. The van der Waals surface area contributed by atoms with Crippen molar-refractivity contribution in [2.24, 2.45) is 5.92 Å². The maximum atomic E-state index is 13.4. The van der Waals surface area contributed by atoms with Gasteiger partial charge in [0, 0.05) is 54.0 Å². The quantitative estimate of drug-likeness (QED) is 0.634. The van der Waals surface area contributed by atoms with Crippen LogP contribution in [0.25, 0.3) is 10.9 Å². The van der Waals surface area contributed by atoms with Crippen molar-refractivity contribution in [2.75, 3.05) is 32.8 Å². The Balaban J connectivity index is 1.34. The van der Waals surface area contributed by atoms with Crippen molar-refractivity contribution in [1.29, 1.82) is 0 Å². The van der Waals surface area contributed by atoms with Crippen molar-refractivity contribution >= 4 is 16.8 Å². The van der Waals surface area contributed by atoms with E-state index in [0.717, 1.165) is 60.4 Å². The summed E-state index contributed by atoms with van der Waals surface area (Å²) in [5.41, 5.74) is 6.39. The number of hydrogen-bond donors (Lipinski definition) is 2. The number of nitrogens with one attached hydrogen (secondary N) is 1. The van der Waals surface area contributed by atoms with Crippen molar-refractivity contribution < 1.29 is 14.6 Å². The number of aliphatic hydroxyl groups excluding tert-OH is 1. The molecule has 2 N–H and O–H groups in total. The summed E-state index contributed by atoms with van der Waals surface area (Å²) in [6.07, 6.45) is 2.24. The molecular formula is C27H33N3O3. The molecule has 5 rings (SSSR count). The van der Waals surface area contributed by atoms with Crippen molar-refractivity contribution in [3.05, 3.63) is 64.3 Å². The van der Waals surface area contributed by atoms with Crippen LogP contribution in [0.4, 0.5) is 0 Å². The normalized spacial score (nSPS) is 19.2. The van der Waals surface area contributed by atoms with Crippen LogP contribution in [0.2, 0.25) is 0 Å². The monoisotopic (exact) mass is 447 g/mol. The highest BCUT2D eigenvalue weighted by molar-refractivity contribution is 5.99. The molecule has 0 aliphatic carbocycles. The molecule has 1 aromatic heterocycles. The van der Waals surface area contributed by atoms with Gasteiger partial charge in [0.05, 0.1) is 6.54 Å². The fourth-order valence-corrected chi connectivity index (χ4v) is 5.20. The highest BCUT2D eigenvalue weighted by Gasteiger charge is 2.23. The van der Waals surface area contributed by atoms with Crippen LogP contribution in [0, 0.1) is 19.8 Å². The van der Waals surface area contributed by atoms with Crippen molar-refractivity contribution in [3.63, 3.8) is 0 Å². The fraction of sp³-hybridized carbons (Fsp3) is 0.444. The molecule has 1 amide bonds. The van der Waals surface area contributed by atoms with E-state index in [-0.39, 0.29) is 12.5 Å². The van der Waals surface area contributed by atoms with Gasteiger partial charge in [-0.3, -0.25) is 9.69 Å². The Morgan fingerprint density at radius 2 is 2.06 bits per heavy atom. The van der Waals surface area contributed by atoms with Crippen LogP contribution >= 0.6 is 0 Å². The molecule has 6 nitrogen and oxygen atoms in total. The number of hydrogen-bond acceptors (Lipinski definition) is 4. The number of piperidine rings is 1. The Morgan fingerprint density at radius 1 is 1.18 bits per heavy atom. The predicted octanol–water partition coefficient (Wildman–Crippen LogP) is 4.02. The van der Waals surface area contributed by atoms with E-state index < -0.39 is 0 Å². The van der Waals surface area contributed by atoms with Gasteiger partial charge in [0.15, 0.2) is 0 Å². The number of H-pyrrole nitrogens is 1. The van der Waals surface area contributed by atoms with Gasteiger partial charge < -0.3 is 19.7 Å². The third-order valence-electron chi connectivity index (χ3n) is 7.21. The molecule has 2 aliphatic heterocycles. The first-order valence-electron chi connectivity index (χ1n) is 12.0. The SMILES string of the molecule is Cc1[nH]c2ccc(C(=O)N3CCOc4ccc(CN5CCCC(CO)C5)cc4C3)cc2c1C. The zero-order chi connectivity index (χ0) is 22.9. The molecule has 1 atom stereocenters. The molecule has 33 heavy (non-hydrogen) atoms. The molecule has 1 fully saturated rings. The van der Waals surface area contributed by atoms with Crippen LogP contribution in [-0.4, -0.2) is 58.6 Å². The molecule has 174 valence electrons. The van der Waals surface area contributed by atoms with E-state index in [4.69, 9.17) is 4.74 Å². The van der Waals surface area contributed by atoms with Crippen LogP contribution in [0.3, 0.4) is 0 Å². The lowest BCUT2D eigenvalue weighted by atomic mass is 9.98. The van der Waals surface area contributed by atoms with Gasteiger partial charge in [-0.15, -0.1) is 0 Å². The number of ether oxygens (including phenoxy) is 1. The molecular weight excluding hydrogens is 414 g/mol. The summed E-state index contributed by atoms with van der Waals surface area (Å²) in [4.78, 5) is 21.1. The molecule has 0 saturated carbocycles. The van der Waals surface area contributed by atoms with Gasteiger partial charge in [0.1, 0.15) is 12.4 Å². The average Bonchev–Trinajstić information content (AvgIpc) is 2.99. The number of carbonyl (C=O) groups excluding carboxylic acids is 1. The first kappa shape index (κ1) is 22.0. The summed E-state index contributed by atoms with van der Waals surface area (Å²) < 4.78 is 5.99. The van der Waals surface area contributed by atoms with E-state index in [2.05, 4.69) is 35.9 Å². The average molecular weight is 448 g/mol. The number of aromatic amines is 1. The lowest BCUT2D eigenvalue weighted by molar-refractivity contribution is 0.0733. The second kappa shape index (κ2) is 9.20. The Kier molecular flexibility index (Phi) is 6.13. The van der Waals surface area contributed by atoms with E-state index in [0.29, 0.717) is 31.2 Å². The number of likely N-dealkylation sites (tertiary alicyclic amines) is 1.